The van der Waals surface area contributed by atoms with Gasteiger partial charge >= 0.3 is 6.03 Å². The molecule has 1 fully saturated rings. The number of aromatic nitrogens is 1. The number of carbonyl (C=O) groups is 3. The minimum Gasteiger partial charge on any atom is -0.494 e. The Balaban J connectivity index is 2.11. The topological polar surface area (TPSA) is 124 Å². The maximum absolute atomic E-state index is 12.1. The molecule has 2 heterocycles. The van der Waals surface area contributed by atoms with Gasteiger partial charge in [0.1, 0.15) is 6.04 Å². The van der Waals surface area contributed by atoms with Crippen LogP contribution in [0.2, 0.25) is 0 Å². The highest BCUT2D eigenvalue weighted by Crippen LogP contribution is 2.41. The van der Waals surface area contributed by atoms with Gasteiger partial charge < -0.3 is 15.1 Å². The molecule has 1 unspecified atom stereocenters. The Labute approximate surface area is 148 Å². The lowest BCUT2D eigenvalue weighted by molar-refractivity contribution is -0.135. The minimum atomic E-state index is -0.909. The van der Waals surface area contributed by atoms with Crippen molar-refractivity contribution in [3.8, 4) is 11.8 Å². The molecule has 1 atom stereocenters. The smallest absolute Gasteiger partial charge is 0.342 e. The molecule has 3 N–H and O–H groups in total. The zero-order valence-electron chi connectivity index (χ0n) is 14.3. The van der Waals surface area contributed by atoms with Crippen molar-refractivity contribution in [2.24, 2.45) is 4.99 Å². The Morgan fingerprint density at radius 2 is 2.04 bits per heavy atom. The molecular weight excluding hydrogens is 340 g/mol. The number of rotatable bonds is 2. The van der Waals surface area contributed by atoms with Crippen LogP contribution in [0.5, 0.6) is 11.8 Å². The first-order chi connectivity index (χ1) is 12.3. The van der Waals surface area contributed by atoms with E-state index in [0.29, 0.717) is 10.9 Å². The van der Waals surface area contributed by atoms with Gasteiger partial charge in [0.15, 0.2) is 0 Å². The van der Waals surface area contributed by atoms with Gasteiger partial charge in [0.25, 0.3) is 0 Å². The maximum Gasteiger partial charge on any atom is 0.342 e. The summed E-state index contributed by atoms with van der Waals surface area (Å²) in [7, 11) is 3.12. The van der Waals surface area contributed by atoms with E-state index in [-0.39, 0.29) is 30.0 Å². The molecule has 9 heteroatoms. The van der Waals surface area contributed by atoms with Crippen molar-refractivity contribution in [2.75, 3.05) is 14.1 Å². The van der Waals surface area contributed by atoms with Crippen LogP contribution in [-0.2, 0) is 9.59 Å². The summed E-state index contributed by atoms with van der Waals surface area (Å²) in [6.45, 7) is 0. The molecule has 9 nitrogen and oxygen atoms in total. The van der Waals surface area contributed by atoms with Gasteiger partial charge in [-0.1, -0.05) is 12.1 Å². The van der Waals surface area contributed by atoms with Crippen LogP contribution in [-0.4, -0.2) is 57.8 Å². The average molecular weight is 358 g/mol. The molecule has 1 aliphatic rings. The van der Waals surface area contributed by atoms with Gasteiger partial charge in [0, 0.05) is 37.7 Å². The Hall–Kier alpha value is -3.36. The third kappa shape index (κ3) is 2.87. The summed E-state index contributed by atoms with van der Waals surface area (Å²) >= 11 is 0. The SMILES string of the molecule is CN(C)C(=O)N=Cc1cccc2c(O)n(C3CCC(=O)NC3=O)c(O)c12. The van der Waals surface area contributed by atoms with E-state index in [1.54, 1.807) is 32.3 Å². The Morgan fingerprint density at radius 3 is 2.69 bits per heavy atom. The summed E-state index contributed by atoms with van der Waals surface area (Å²) < 4.78 is 1.09. The molecule has 1 aromatic carbocycles. The zero-order chi connectivity index (χ0) is 19.0. The summed E-state index contributed by atoms with van der Waals surface area (Å²) in [6, 6.07) is 3.46. The molecule has 0 radical (unpaired) electrons. The second-order valence-electron chi connectivity index (χ2n) is 6.19. The lowest BCUT2D eigenvalue weighted by atomic mass is 10.1. The lowest BCUT2D eigenvalue weighted by Gasteiger charge is -2.23. The van der Waals surface area contributed by atoms with Crippen LogP contribution in [0.15, 0.2) is 23.2 Å². The summed E-state index contributed by atoms with van der Waals surface area (Å²) in [4.78, 5) is 40.2. The monoisotopic (exact) mass is 358 g/mol. The second-order valence-corrected chi connectivity index (χ2v) is 6.19. The molecule has 0 spiro atoms. The lowest BCUT2D eigenvalue weighted by Crippen LogP contribution is -2.41. The van der Waals surface area contributed by atoms with Crippen LogP contribution >= 0.6 is 0 Å². The van der Waals surface area contributed by atoms with E-state index < -0.39 is 23.9 Å². The van der Waals surface area contributed by atoms with Crippen molar-refractivity contribution < 1.29 is 24.6 Å². The van der Waals surface area contributed by atoms with E-state index in [1.807, 2.05) is 0 Å². The normalized spacial score (nSPS) is 17.7. The molecule has 1 aromatic heterocycles. The summed E-state index contributed by atoms with van der Waals surface area (Å²) in [5.41, 5.74) is 0.413. The number of aliphatic imine (C=N–C) groups is 1. The first kappa shape index (κ1) is 17.5. The van der Waals surface area contributed by atoms with Gasteiger partial charge in [0.05, 0.1) is 5.39 Å². The molecule has 1 saturated heterocycles. The highest BCUT2D eigenvalue weighted by molar-refractivity contribution is 6.08. The minimum absolute atomic E-state index is 0.107. The molecule has 2 aromatic rings. The molecule has 0 aliphatic carbocycles. The van der Waals surface area contributed by atoms with Crippen molar-refractivity contribution in [3.63, 3.8) is 0 Å². The molecule has 136 valence electrons. The van der Waals surface area contributed by atoms with Gasteiger partial charge in [-0.25, -0.2) is 9.79 Å². The molecule has 3 rings (SSSR count). The number of hydrogen-bond donors (Lipinski definition) is 3. The number of nitrogens with zero attached hydrogens (tertiary/aromatic N) is 3. The van der Waals surface area contributed by atoms with Crippen molar-refractivity contribution in [2.45, 2.75) is 18.9 Å². The molecule has 4 amide bonds. The number of hydrogen-bond acceptors (Lipinski definition) is 5. The Bertz CT molecular complexity index is 944. The summed E-state index contributed by atoms with van der Waals surface area (Å²) in [5.74, 6) is -1.60. The number of nitrogens with one attached hydrogen (secondary N) is 1. The highest BCUT2D eigenvalue weighted by atomic mass is 16.3. The standard InChI is InChI=1S/C17H18N4O5/c1-20(2)17(26)18-8-9-4-3-5-10-13(9)16(25)21(15(10)24)11-6-7-12(22)19-14(11)23/h3-5,8,11,24-25H,6-7H2,1-2H3,(H,19,22,23). The molecule has 0 bridgehead atoms. The van der Waals surface area contributed by atoms with Gasteiger partial charge in [-0.3, -0.25) is 19.5 Å². The maximum atomic E-state index is 12.1. The molecule has 26 heavy (non-hydrogen) atoms. The number of piperidine rings is 1. The first-order valence-electron chi connectivity index (χ1n) is 7.95. The molecule has 1 aliphatic heterocycles. The van der Waals surface area contributed by atoms with Crippen LogP contribution < -0.4 is 5.32 Å². The quantitative estimate of drug-likeness (QED) is 0.548. The fourth-order valence-corrected chi connectivity index (χ4v) is 2.93. The number of urea groups is 1. The van der Waals surface area contributed by atoms with E-state index in [1.165, 1.54) is 11.1 Å². The predicted octanol–water partition coefficient (Wildman–Crippen LogP) is 1.13. The number of imide groups is 1. The first-order valence-corrected chi connectivity index (χ1v) is 7.95. The number of benzene rings is 1. The Morgan fingerprint density at radius 1 is 1.31 bits per heavy atom. The van der Waals surface area contributed by atoms with Crippen molar-refractivity contribution in [3.05, 3.63) is 23.8 Å². The number of carbonyl (C=O) groups excluding carboxylic acids is 3. The van der Waals surface area contributed by atoms with Crippen molar-refractivity contribution >= 4 is 34.8 Å². The number of amides is 4. The van der Waals surface area contributed by atoms with Crippen LogP contribution in [0.4, 0.5) is 4.79 Å². The van der Waals surface area contributed by atoms with E-state index in [9.17, 15) is 24.6 Å². The average Bonchev–Trinajstić information content (AvgIpc) is 2.85. The summed E-state index contributed by atoms with van der Waals surface area (Å²) in [6.07, 6.45) is 1.56. The van der Waals surface area contributed by atoms with Gasteiger partial charge in [-0.05, 0) is 12.5 Å². The van der Waals surface area contributed by atoms with Crippen LogP contribution in [0.25, 0.3) is 10.8 Å². The Kier molecular flexibility index (Phi) is 4.37. The van der Waals surface area contributed by atoms with Crippen LogP contribution in [0.1, 0.15) is 24.4 Å². The fraction of sp³-hybridized carbons (Fsp3) is 0.294. The largest absolute Gasteiger partial charge is 0.494 e. The van der Waals surface area contributed by atoms with Gasteiger partial charge in [-0.2, -0.15) is 0 Å². The zero-order valence-corrected chi connectivity index (χ0v) is 14.3. The van der Waals surface area contributed by atoms with E-state index in [0.717, 1.165) is 4.57 Å². The van der Waals surface area contributed by atoms with Gasteiger partial charge in [-0.15, -0.1) is 0 Å². The van der Waals surface area contributed by atoms with E-state index in [4.69, 9.17) is 0 Å². The van der Waals surface area contributed by atoms with Crippen molar-refractivity contribution in [1.82, 2.24) is 14.8 Å². The van der Waals surface area contributed by atoms with Crippen LogP contribution in [0, 0.1) is 0 Å². The van der Waals surface area contributed by atoms with Gasteiger partial charge in [0.2, 0.25) is 23.6 Å². The third-order valence-electron chi connectivity index (χ3n) is 4.24. The number of fused-ring (bicyclic) bond motifs is 1. The van der Waals surface area contributed by atoms with Crippen molar-refractivity contribution in [1.29, 1.82) is 0 Å². The van der Waals surface area contributed by atoms with E-state index in [2.05, 4.69) is 10.3 Å². The predicted molar refractivity (Wildman–Crippen MR) is 93.4 cm³/mol. The molecular formula is C17H18N4O5. The summed E-state index contributed by atoms with van der Waals surface area (Å²) in [5, 5.41) is 23.9. The highest BCUT2D eigenvalue weighted by Gasteiger charge is 2.33. The number of aromatic hydroxyl groups is 2. The van der Waals surface area contributed by atoms with E-state index >= 15 is 0 Å². The molecule has 0 saturated carbocycles. The van der Waals surface area contributed by atoms with Crippen LogP contribution in [0.3, 0.4) is 0 Å². The fourth-order valence-electron chi connectivity index (χ4n) is 2.93. The second kappa shape index (κ2) is 6.51. The third-order valence-corrected chi connectivity index (χ3v) is 4.24.